The Balaban J connectivity index is 3.58. The van der Waals surface area contributed by atoms with Crippen LogP contribution in [0.2, 0.25) is 0 Å². The zero-order valence-electron chi connectivity index (χ0n) is 40.6. The molecule has 0 saturated heterocycles. The summed E-state index contributed by atoms with van der Waals surface area (Å²) in [6, 6.07) is -0.826. The molecule has 0 radical (unpaired) electrons. The number of aliphatic hydroxyl groups is 3. The van der Waals surface area contributed by atoms with Crippen molar-refractivity contribution in [3.05, 3.63) is 24.3 Å². The fraction of sp³-hybridized carbons (Fsp3) is 0.909. The second-order valence-electron chi connectivity index (χ2n) is 18.8. The number of carbonyl (C=O) groups excluding carboxylic acids is 1. The van der Waals surface area contributed by atoms with E-state index < -0.39 is 18.2 Å². The molecule has 0 fully saturated rings. The maximum Gasteiger partial charge on any atom is 0.220 e. The van der Waals surface area contributed by atoms with Gasteiger partial charge >= 0.3 is 0 Å². The fourth-order valence-electron chi connectivity index (χ4n) is 8.57. The molecule has 1 amide bonds. The van der Waals surface area contributed by atoms with Gasteiger partial charge in [-0.2, -0.15) is 0 Å². The van der Waals surface area contributed by atoms with Crippen LogP contribution < -0.4 is 5.32 Å². The molecule has 3 atom stereocenters. The van der Waals surface area contributed by atoms with Crippen LogP contribution in [-0.2, 0) is 4.79 Å². The van der Waals surface area contributed by atoms with Crippen LogP contribution in [0.1, 0.15) is 296 Å². The summed E-state index contributed by atoms with van der Waals surface area (Å²) in [6.45, 7) is 4.20. The van der Waals surface area contributed by atoms with Crippen LogP contribution in [-0.4, -0.2) is 46.1 Å². The minimum absolute atomic E-state index is 0.152. The van der Waals surface area contributed by atoms with E-state index in [9.17, 15) is 20.1 Å². The molecule has 5 heteroatoms. The molecule has 356 valence electrons. The Morgan fingerprint density at radius 3 is 0.967 bits per heavy atom. The van der Waals surface area contributed by atoms with Gasteiger partial charge in [0.1, 0.15) is 6.10 Å². The number of hydrogen-bond donors (Lipinski definition) is 4. The van der Waals surface area contributed by atoms with E-state index in [2.05, 4.69) is 43.5 Å². The summed E-state index contributed by atoms with van der Waals surface area (Å²) in [6.07, 6.45) is 63.2. The monoisotopic (exact) mass is 846 g/mol. The molecule has 0 aliphatic carbocycles. The molecule has 0 aromatic heterocycles. The van der Waals surface area contributed by atoms with Gasteiger partial charge in [0.15, 0.2) is 0 Å². The lowest BCUT2D eigenvalue weighted by Crippen LogP contribution is -2.50. The second-order valence-corrected chi connectivity index (χ2v) is 18.8. The van der Waals surface area contributed by atoms with E-state index >= 15 is 0 Å². The highest BCUT2D eigenvalue weighted by Crippen LogP contribution is 2.17. The third-order valence-electron chi connectivity index (χ3n) is 12.8. The molecule has 0 bridgehead atoms. The number of rotatable bonds is 50. The van der Waals surface area contributed by atoms with Crippen molar-refractivity contribution in [2.45, 2.75) is 315 Å². The van der Waals surface area contributed by atoms with Crippen LogP contribution in [0.5, 0.6) is 0 Å². The van der Waals surface area contributed by atoms with Crippen molar-refractivity contribution >= 4 is 5.91 Å². The molecule has 0 aliphatic heterocycles. The van der Waals surface area contributed by atoms with Gasteiger partial charge in [-0.1, -0.05) is 250 Å². The molecule has 0 saturated carbocycles. The summed E-state index contributed by atoms with van der Waals surface area (Å²) >= 11 is 0. The summed E-state index contributed by atoms with van der Waals surface area (Å²) in [5.41, 5.74) is 0. The Morgan fingerprint density at radius 1 is 0.400 bits per heavy atom. The van der Waals surface area contributed by atoms with Crippen LogP contribution in [0.25, 0.3) is 0 Å². The summed E-state index contributed by atoms with van der Waals surface area (Å²) in [4.78, 5) is 12.5. The first-order valence-electron chi connectivity index (χ1n) is 27.1. The summed E-state index contributed by atoms with van der Waals surface area (Å²) < 4.78 is 0. The van der Waals surface area contributed by atoms with E-state index in [-0.39, 0.29) is 12.5 Å². The molecular formula is C55H107NO4. The number of amides is 1. The Hall–Kier alpha value is -1.17. The highest BCUT2D eigenvalue weighted by molar-refractivity contribution is 5.76. The van der Waals surface area contributed by atoms with Crippen LogP contribution >= 0.6 is 0 Å². The highest BCUT2D eigenvalue weighted by atomic mass is 16.3. The zero-order chi connectivity index (χ0) is 43.7. The minimum atomic E-state index is -1.16. The van der Waals surface area contributed by atoms with Crippen molar-refractivity contribution in [3.63, 3.8) is 0 Å². The number of nitrogens with one attached hydrogen (secondary N) is 1. The van der Waals surface area contributed by atoms with Crippen LogP contribution in [0.4, 0.5) is 0 Å². The van der Waals surface area contributed by atoms with E-state index in [1.807, 2.05) is 0 Å². The van der Waals surface area contributed by atoms with Crippen molar-refractivity contribution in [3.8, 4) is 0 Å². The molecule has 0 spiro atoms. The van der Waals surface area contributed by atoms with Gasteiger partial charge in [0.2, 0.25) is 5.91 Å². The predicted octanol–water partition coefficient (Wildman–Crippen LogP) is 16.5. The number of allylic oxidation sites excluding steroid dienone is 4. The minimum Gasteiger partial charge on any atom is -0.394 e. The zero-order valence-corrected chi connectivity index (χ0v) is 40.6. The molecule has 60 heavy (non-hydrogen) atoms. The van der Waals surface area contributed by atoms with Crippen LogP contribution in [0, 0.1) is 0 Å². The lowest BCUT2D eigenvalue weighted by Gasteiger charge is -2.26. The Labute approximate surface area is 375 Å². The summed E-state index contributed by atoms with van der Waals surface area (Å²) in [5.74, 6) is -0.152. The second kappa shape index (κ2) is 50.5. The molecule has 0 heterocycles. The van der Waals surface area contributed by atoms with Gasteiger partial charge in [0.05, 0.1) is 18.8 Å². The maximum absolute atomic E-state index is 12.5. The molecule has 0 rings (SSSR count). The lowest BCUT2D eigenvalue weighted by atomic mass is 10.0. The topological polar surface area (TPSA) is 89.8 Å². The van der Waals surface area contributed by atoms with Crippen molar-refractivity contribution in [1.29, 1.82) is 0 Å². The smallest absolute Gasteiger partial charge is 0.220 e. The number of carbonyl (C=O) groups is 1. The molecular weight excluding hydrogens is 739 g/mol. The van der Waals surface area contributed by atoms with E-state index in [1.54, 1.807) is 0 Å². The van der Waals surface area contributed by atoms with Crippen molar-refractivity contribution < 1.29 is 20.1 Å². The van der Waals surface area contributed by atoms with Gasteiger partial charge in [-0.25, -0.2) is 0 Å². The van der Waals surface area contributed by atoms with Gasteiger partial charge < -0.3 is 20.6 Å². The largest absolute Gasteiger partial charge is 0.394 e. The quantitative estimate of drug-likeness (QED) is 0.0363. The van der Waals surface area contributed by atoms with Gasteiger partial charge in [-0.15, -0.1) is 0 Å². The average molecular weight is 846 g/mol. The third-order valence-corrected chi connectivity index (χ3v) is 12.8. The Morgan fingerprint density at radius 2 is 0.667 bits per heavy atom. The normalized spacial score (nSPS) is 13.5. The Bertz CT molecular complexity index is 890. The molecule has 5 nitrogen and oxygen atoms in total. The van der Waals surface area contributed by atoms with Crippen LogP contribution in [0.15, 0.2) is 24.3 Å². The van der Waals surface area contributed by atoms with Gasteiger partial charge in [0.25, 0.3) is 0 Å². The van der Waals surface area contributed by atoms with E-state index in [4.69, 9.17) is 0 Å². The van der Waals surface area contributed by atoms with E-state index in [0.717, 1.165) is 38.5 Å². The van der Waals surface area contributed by atoms with E-state index in [0.29, 0.717) is 12.8 Å². The average Bonchev–Trinajstić information content (AvgIpc) is 3.25. The molecule has 3 unspecified atom stereocenters. The molecule has 0 aliphatic rings. The number of hydrogen-bond acceptors (Lipinski definition) is 4. The van der Waals surface area contributed by atoms with E-state index in [1.165, 1.54) is 231 Å². The number of aliphatic hydroxyl groups excluding tert-OH is 3. The SMILES string of the molecule is CCCCCCCCCCCCCC/C=C\CCCCCCCCCCCC(=O)NC(CO)C(O)C(O)CCC/C=C/CCCCCCCCCCCCCCCCCC. The molecule has 0 aromatic carbocycles. The number of unbranched alkanes of at least 4 members (excludes halogenated alkanes) is 38. The van der Waals surface area contributed by atoms with Gasteiger partial charge in [0, 0.05) is 6.42 Å². The highest BCUT2D eigenvalue weighted by Gasteiger charge is 2.26. The predicted molar refractivity (Wildman–Crippen MR) is 264 cm³/mol. The van der Waals surface area contributed by atoms with Crippen molar-refractivity contribution in [1.82, 2.24) is 5.32 Å². The third kappa shape index (κ3) is 44.9. The first kappa shape index (κ1) is 58.8. The summed E-state index contributed by atoms with van der Waals surface area (Å²) in [5, 5.41) is 33.7. The maximum atomic E-state index is 12.5. The fourth-order valence-corrected chi connectivity index (χ4v) is 8.57. The van der Waals surface area contributed by atoms with Gasteiger partial charge in [-0.3, -0.25) is 4.79 Å². The van der Waals surface area contributed by atoms with Crippen molar-refractivity contribution in [2.24, 2.45) is 0 Å². The first-order valence-corrected chi connectivity index (χ1v) is 27.1. The summed E-state index contributed by atoms with van der Waals surface area (Å²) in [7, 11) is 0. The lowest BCUT2D eigenvalue weighted by molar-refractivity contribution is -0.124. The van der Waals surface area contributed by atoms with Gasteiger partial charge in [-0.05, 0) is 64.2 Å². The Kier molecular flexibility index (Phi) is 49.5. The standard InChI is InChI=1S/C55H107NO4/c1-3-5-7-9-11-13-15-17-19-21-23-25-26-27-28-30-32-34-36-38-40-42-44-46-48-50-54(59)56-52(51-57)55(60)53(58)49-47-45-43-41-39-37-35-33-31-29-24-22-20-18-16-14-12-10-8-6-4-2/h27-28,41,43,52-53,55,57-58,60H,3-26,29-40,42,44-51H2,1-2H3,(H,56,59)/b28-27-,43-41+. The molecule has 4 N–H and O–H groups in total. The first-order chi connectivity index (χ1) is 29.6. The van der Waals surface area contributed by atoms with Crippen molar-refractivity contribution in [2.75, 3.05) is 6.61 Å². The van der Waals surface area contributed by atoms with Crippen LogP contribution in [0.3, 0.4) is 0 Å². The molecule has 0 aromatic rings.